The lowest BCUT2D eigenvalue weighted by Gasteiger charge is -2.26. The first kappa shape index (κ1) is 22.5. The minimum absolute atomic E-state index is 0.0353. The fourth-order valence-corrected chi connectivity index (χ4v) is 4.36. The Morgan fingerprint density at radius 1 is 0.871 bits per heavy atom. The van der Waals surface area contributed by atoms with Crippen molar-refractivity contribution >= 4 is 16.7 Å². The molecule has 1 unspecified atom stereocenters. The van der Waals surface area contributed by atoms with Crippen molar-refractivity contribution in [1.29, 1.82) is 0 Å². The van der Waals surface area contributed by atoms with Gasteiger partial charge in [0.25, 0.3) is 0 Å². The van der Waals surface area contributed by atoms with Crippen LogP contribution in [0.1, 0.15) is 48.3 Å². The second kappa shape index (κ2) is 10.2. The number of unbranched alkanes of at least 4 members (excludes halogenated alkanes) is 1. The average molecular weight is 423 g/mol. The van der Waals surface area contributed by atoms with Gasteiger partial charge in [0.15, 0.2) is 0 Å². The van der Waals surface area contributed by atoms with E-state index < -0.39 is 5.97 Å². The molecule has 0 aliphatic carbocycles. The van der Waals surface area contributed by atoms with E-state index in [0.717, 1.165) is 57.6 Å². The molecule has 3 aromatic carbocycles. The van der Waals surface area contributed by atoms with Gasteiger partial charge in [0.1, 0.15) is 17.2 Å². The number of rotatable bonds is 10. The van der Waals surface area contributed by atoms with Crippen LogP contribution >= 0.6 is 0 Å². The zero-order valence-electron chi connectivity index (χ0n) is 18.6. The van der Waals surface area contributed by atoms with Gasteiger partial charge in [-0.2, -0.15) is 0 Å². The monoisotopic (exact) mass is 422 g/mol. The van der Waals surface area contributed by atoms with Crippen LogP contribution in [-0.4, -0.2) is 32.4 Å². The van der Waals surface area contributed by atoms with Crippen LogP contribution in [0.4, 0.5) is 0 Å². The van der Waals surface area contributed by atoms with E-state index >= 15 is 0 Å². The van der Waals surface area contributed by atoms with Crippen LogP contribution in [0, 0.1) is 6.92 Å². The Labute approximate surface area is 183 Å². The zero-order valence-corrected chi connectivity index (χ0v) is 18.6. The second-order valence-electron chi connectivity index (χ2n) is 7.62. The summed E-state index contributed by atoms with van der Waals surface area (Å²) in [5.74, 6) is 1.76. The molecule has 0 fully saturated rings. The normalized spacial score (nSPS) is 11.9. The molecule has 0 spiro atoms. The number of methoxy groups -OCH3 is 3. The maximum atomic E-state index is 11.0. The summed E-state index contributed by atoms with van der Waals surface area (Å²) in [6.45, 7) is 2.07. The topological polar surface area (TPSA) is 65.0 Å². The quantitative estimate of drug-likeness (QED) is 0.409. The summed E-state index contributed by atoms with van der Waals surface area (Å²) in [4.78, 5) is 11.0. The Morgan fingerprint density at radius 3 is 2.03 bits per heavy atom. The largest absolute Gasteiger partial charge is 0.497 e. The minimum Gasteiger partial charge on any atom is -0.497 e. The van der Waals surface area contributed by atoms with Gasteiger partial charge in [-0.05, 0) is 43.0 Å². The Morgan fingerprint density at radius 2 is 1.48 bits per heavy atom. The third kappa shape index (κ3) is 4.76. The predicted octanol–water partition coefficient (Wildman–Crippen LogP) is 5.95. The molecule has 0 amide bonds. The number of fused-ring (bicyclic) bond motifs is 1. The zero-order chi connectivity index (χ0) is 22.4. The molecular weight excluding hydrogens is 392 g/mol. The molecule has 0 bridgehead atoms. The van der Waals surface area contributed by atoms with E-state index in [4.69, 9.17) is 19.3 Å². The molecule has 3 aromatic rings. The molecule has 164 valence electrons. The van der Waals surface area contributed by atoms with Gasteiger partial charge in [0.2, 0.25) is 0 Å². The summed E-state index contributed by atoms with van der Waals surface area (Å²) >= 11 is 0. The smallest absolute Gasteiger partial charge is 0.303 e. The summed E-state index contributed by atoms with van der Waals surface area (Å²) in [5, 5.41) is 11.1. The van der Waals surface area contributed by atoms with Crippen LogP contribution < -0.4 is 14.2 Å². The predicted molar refractivity (Wildman–Crippen MR) is 123 cm³/mol. The number of ether oxygens (including phenoxy) is 3. The molecule has 0 aliphatic heterocycles. The van der Waals surface area contributed by atoms with Crippen molar-refractivity contribution in [3.05, 3.63) is 65.2 Å². The summed E-state index contributed by atoms with van der Waals surface area (Å²) in [5.41, 5.74) is 3.26. The molecule has 1 atom stereocenters. The molecule has 3 rings (SSSR count). The second-order valence-corrected chi connectivity index (χ2v) is 7.62. The molecule has 5 nitrogen and oxygen atoms in total. The van der Waals surface area contributed by atoms with E-state index in [2.05, 4.69) is 25.1 Å². The van der Waals surface area contributed by atoms with E-state index in [1.807, 2.05) is 30.3 Å². The maximum Gasteiger partial charge on any atom is 0.303 e. The fraction of sp³-hybridized carbons (Fsp3) is 0.346. The number of hydrogen-bond acceptors (Lipinski definition) is 4. The van der Waals surface area contributed by atoms with Crippen molar-refractivity contribution in [2.45, 2.75) is 38.5 Å². The van der Waals surface area contributed by atoms with Gasteiger partial charge in [-0.3, -0.25) is 4.79 Å². The number of benzene rings is 3. The van der Waals surface area contributed by atoms with Crippen LogP contribution in [0.5, 0.6) is 17.2 Å². The molecule has 0 radical (unpaired) electrons. The van der Waals surface area contributed by atoms with E-state index in [1.54, 1.807) is 21.3 Å². The highest BCUT2D eigenvalue weighted by Gasteiger charge is 2.26. The van der Waals surface area contributed by atoms with Gasteiger partial charge in [0, 0.05) is 28.7 Å². The molecule has 1 N–H and O–H groups in total. The lowest BCUT2D eigenvalue weighted by atomic mass is 9.82. The summed E-state index contributed by atoms with van der Waals surface area (Å²) < 4.78 is 17.1. The fourth-order valence-electron chi connectivity index (χ4n) is 4.36. The van der Waals surface area contributed by atoms with Crippen LogP contribution in [0.2, 0.25) is 0 Å². The standard InChI is InChI=1S/C26H30O5/c1-17-24(26(31-4)22-11-6-5-10-21(22)25(17)30-3)20(9-7-8-12-23(27)28)18-13-15-19(29-2)16-14-18/h5-6,10-11,13-16,20H,7-9,12H2,1-4H3,(H,27,28). The Kier molecular flexibility index (Phi) is 7.40. The average Bonchev–Trinajstić information content (AvgIpc) is 2.79. The number of carbonyl (C=O) groups is 1. The molecule has 0 saturated heterocycles. The van der Waals surface area contributed by atoms with E-state index in [1.165, 1.54) is 0 Å². The lowest BCUT2D eigenvalue weighted by molar-refractivity contribution is -0.137. The van der Waals surface area contributed by atoms with Gasteiger partial charge in [-0.1, -0.05) is 42.8 Å². The third-order valence-corrected chi connectivity index (χ3v) is 5.81. The van der Waals surface area contributed by atoms with Gasteiger partial charge >= 0.3 is 5.97 Å². The van der Waals surface area contributed by atoms with Crippen molar-refractivity contribution in [3.8, 4) is 17.2 Å². The van der Waals surface area contributed by atoms with Crippen LogP contribution in [0.3, 0.4) is 0 Å². The molecule has 0 aliphatic rings. The lowest BCUT2D eigenvalue weighted by Crippen LogP contribution is -2.09. The van der Waals surface area contributed by atoms with Crippen molar-refractivity contribution in [3.63, 3.8) is 0 Å². The first-order valence-electron chi connectivity index (χ1n) is 10.5. The molecule has 31 heavy (non-hydrogen) atoms. The van der Waals surface area contributed by atoms with Gasteiger partial charge in [-0.15, -0.1) is 0 Å². The number of carboxylic acid groups (broad SMARTS) is 1. The van der Waals surface area contributed by atoms with Crippen molar-refractivity contribution in [1.82, 2.24) is 0 Å². The maximum absolute atomic E-state index is 11.0. The molecule has 0 heterocycles. The van der Waals surface area contributed by atoms with Gasteiger partial charge in [-0.25, -0.2) is 0 Å². The van der Waals surface area contributed by atoms with Crippen molar-refractivity contribution < 1.29 is 24.1 Å². The SMILES string of the molecule is COc1ccc(C(CCCCC(=O)O)c2c(C)c(OC)c3ccccc3c2OC)cc1. The molecule has 0 aromatic heterocycles. The van der Waals surface area contributed by atoms with Crippen molar-refractivity contribution in [2.24, 2.45) is 0 Å². The van der Waals surface area contributed by atoms with Gasteiger partial charge < -0.3 is 19.3 Å². The Balaban J connectivity index is 2.16. The molecule has 5 heteroatoms. The number of hydrogen-bond donors (Lipinski definition) is 1. The van der Waals surface area contributed by atoms with E-state index in [0.29, 0.717) is 6.42 Å². The third-order valence-electron chi connectivity index (χ3n) is 5.81. The Hall–Kier alpha value is -3.21. The highest BCUT2D eigenvalue weighted by molar-refractivity contribution is 5.96. The van der Waals surface area contributed by atoms with Crippen molar-refractivity contribution in [2.75, 3.05) is 21.3 Å². The summed E-state index contributed by atoms with van der Waals surface area (Å²) in [6.07, 6.45) is 2.40. The highest BCUT2D eigenvalue weighted by Crippen LogP contribution is 2.46. The summed E-state index contributed by atoms with van der Waals surface area (Å²) in [6, 6.07) is 16.1. The van der Waals surface area contributed by atoms with E-state index in [-0.39, 0.29) is 12.3 Å². The first-order chi connectivity index (χ1) is 15.0. The minimum atomic E-state index is -0.762. The highest BCUT2D eigenvalue weighted by atomic mass is 16.5. The van der Waals surface area contributed by atoms with Crippen LogP contribution in [0.25, 0.3) is 10.8 Å². The van der Waals surface area contributed by atoms with Crippen LogP contribution in [-0.2, 0) is 4.79 Å². The van der Waals surface area contributed by atoms with Crippen LogP contribution in [0.15, 0.2) is 48.5 Å². The van der Waals surface area contributed by atoms with E-state index in [9.17, 15) is 4.79 Å². The molecular formula is C26H30O5. The molecule has 0 saturated carbocycles. The number of aliphatic carboxylic acids is 1. The Bertz CT molecular complexity index is 1040. The van der Waals surface area contributed by atoms with Gasteiger partial charge in [0.05, 0.1) is 21.3 Å². The summed E-state index contributed by atoms with van der Waals surface area (Å²) in [7, 11) is 5.05. The first-order valence-corrected chi connectivity index (χ1v) is 10.5. The number of carboxylic acids is 1.